The van der Waals surface area contributed by atoms with Crippen molar-refractivity contribution >= 4 is 11.8 Å². The van der Waals surface area contributed by atoms with E-state index in [1.807, 2.05) is 49.4 Å². The molecule has 130 valence electrons. The van der Waals surface area contributed by atoms with Crippen LogP contribution in [0.2, 0.25) is 0 Å². The van der Waals surface area contributed by atoms with Crippen LogP contribution in [0.5, 0.6) is 0 Å². The van der Waals surface area contributed by atoms with E-state index in [1.54, 1.807) is 18.1 Å². The van der Waals surface area contributed by atoms with Gasteiger partial charge in [0.2, 0.25) is 5.91 Å². The maximum atomic E-state index is 12.9. The second-order valence-electron chi connectivity index (χ2n) is 6.13. The van der Waals surface area contributed by atoms with Crippen molar-refractivity contribution in [1.82, 2.24) is 10.2 Å². The normalized spacial score (nSPS) is 16.0. The van der Waals surface area contributed by atoms with Gasteiger partial charge in [-0.3, -0.25) is 9.59 Å². The highest BCUT2D eigenvalue weighted by atomic mass is 16.5. The maximum absolute atomic E-state index is 12.9. The number of carbonyl (C=O) groups excluding carboxylic acids is 2. The number of benzene rings is 2. The molecule has 0 unspecified atom stereocenters. The summed E-state index contributed by atoms with van der Waals surface area (Å²) in [5.41, 5.74) is 3.50. The molecular formula is C20H22N2O3. The number of aryl methyl sites for hydroxylation is 1. The third kappa shape index (κ3) is 3.42. The summed E-state index contributed by atoms with van der Waals surface area (Å²) in [6.07, 6.45) is 0. The number of rotatable bonds is 6. The molecule has 0 saturated carbocycles. The number of nitrogens with zero attached hydrogens (tertiary/aromatic N) is 1. The van der Waals surface area contributed by atoms with Crippen LogP contribution in [-0.4, -0.2) is 37.0 Å². The van der Waals surface area contributed by atoms with Crippen molar-refractivity contribution in [2.45, 2.75) is 19.5 Å². The van der Waals surface area contributed by atoms with Gasteiger partial charge in [-0.1, -0.05) is 42.5 Å². The summed E-state index contributed by atoms with van der Waals surface area (Å²) in [7, 11) is 1.59. The van der Waals surface area contributed by atoms with Crippen molar-refractivity contribution in [2.75, 3.05) is 20.3 Å². The number of hydrogen-bond acceptors (Lipinski definition) is 3. The smallest absolute Gasteiger partial charge is 0.255 e. The van der Waals surface area contributed by atoms with E-state index >= 15 is 0 Å². The lowest BCUT2D eigenvalue weighted by molar-refractivity contribution is -0.125. The molecule has 1 N–H and O–H groups in total. The second kappa shape index (κ2) is 7.49. The van der Waals surface area contributed by atoms with Gasteiger partial charge in [0.05, 0.1) is 6.61 Å². The van der Waals surface area contributed by atoms with Gasteiger partial charge in [0, 0.05) is 25.8 Å². The topological polar surface area (TPSA) is 58.6 Å². The molecular weight excluding hydrogens is 316 g/mol. The van der Waals surface area contributed by atoms with E-state index in [9.17, 15) is 9.59 Å². The van der Waals surface area contributed by atoms with Crippen molar-refractivity contribution in [1.29, 1.82) is 0 Å². The summed E-state index contributed by atoms with van der Waals surface area (Å²) in [5.74, 6) is -0.283. The Bertz CT molecular complexity index is 788. The minimum Gasteiger partial charge on any atom is -0.383 e. The molecule has 0 aliphatic carbocycles. The first-order valence-electron chi connectivity index (χ1n) is 8.34. The third-order valence-electron chi connectivity index (χ3n) is 4.51. The molecule has 0 spiro atoms. The van der Waals surface area contributed by atoms with Gasteiger partial charge in [0.25, 0.3) is 5.91 Å². The number of amides is 2. The third-order valence-corrected chi connectivity index (χ3v) is 4.51. The van der Waals surface area contributed by atoms with Gasteiger partial charge >= 0.3 is 0 Å². The van der Waals surface area contributed by atoms with E-state index < -0.39 is 6.04 Å². The second-order valence-corrected chi connectivity index (χ2v) is 6.13. The molecule has 0 bridgehead atoms. The molecule has 1 atom stereocenters. The lowest BCUT2D eigenvalue weighted by atomic mass is 10.0. The van der Waals surface area contributed by atoms with E-state index in [4.69, 9.17) is 4.74 Å². The van der Waals surface area contributed by atoms with E-state index in [-0.39, 0.29) is 11.8 Å². The minimum atomic E-state index is -0.611. The molecule has 1 aliphatic rings. The zero-order chi connectivity index (χ0) is 17.8. The Morgan fingerprint density at radius 3 is 2.64 bits per heavy atom. The van der Waals surface area contributed by atoms with Gasteiger partial charge in [-0.2, -0.15) is 0 Å². The fourth-order valence-corrected chi connectivity index (χ4v) is 3.16. The van der Waals surface area contributed by atoms with E-state index in [2.05, 4.69) is 5.32 Å². The molecule has 3 rings (SSSR count). The van der Waals surface area contributed by atoms with E-state index in [1.165, 1.54) is 0 Å². The van der Waals surface area contributed by atoms with Crippen LogP contribution in [-0.2, 0) is 16.1 Å². The molecule has 2 amide bonds. The Morgan fingerprint density at radius 1 is 1.16 bits per heavy atom. The fraction of sp³-hybridized carbons (Fsp3) is 0.300. The van der Waals surface area contributed by atoms with Gasteiger partial charge in [-0.05, 0) is 29.7 Å². The average molecular weight is 338 g/mol. The van der Waals surface area contributed by atoms with Gasteiger partial charge < -0.3 is 15.0 Å². The first-order valence-corrected chi connectivity index (χ1v) is 8.34. The first-order chi connectivity index (χ1) is 12.1. The summed E-state index contributed by atoms with van der Waals surface area (Å²) < 4.78 is 4.99. The van der Waals surface area contributed by atoms with Crippen LogP contribution in [0.1, 0.15) is 33.1 Å². The van der Waals surface area contributed by atoms with Crippen LogP contribution in [0, 0.1) is 6.92 Å². The van der Waals surface area contributed by atoms with Crippen LogP contribution in [0.15, 0.2) is 48.5 Å². The summed E-state index contributed by atoms with van der Waals surface area (Å²) >= 11 is 0. The molecule has 0 radical (unpaired) electrons. The van der Waals surface area contributed by atoms with Crippen molar-refractivity contribution in [3.05, 3.63) is 70.8 Å². The zero-order valence-electron chi connectivity index (χ0n) is 14.5. The van der Waals surface area contributed by atoms with Crippen molar-refractivity contribution in [2.24, 2.45) is 0 Å². The van der Waals surface area contributed by atoms with Crippen LogP contribution >= 0.6 is 0 Å². The van der Waals surface area contributed by atoms with Crippen LogP contribution in [0.25, 0.3) is 0 Å². The summed E-state index contributed by atoms with van der Waals surface area (Å²) in [6.45, 7) is 3.27. The van der Waals surface area contributed by atoms with Crippen molar-refractivity contribution in [3.8, 4) is 0 Å². The molecule has 2 aromatic carbocycles. The SMILES string of the molecule is COCCNC(=O)[C@H]1c2ccccc2C(=O)N1Cc1ccccc1C. The summed E-state index contributed by atoms with van der Waals surface area (Å²) in [5, 5.41) is 2.86. The number of hydrogen-bond donors (Lipinski definition) is 1. The van der Waals surface area contributed by atoms with Gasteiger partial charge in [-0.25, -0.2) is 0 Å². The Balaban J connectivity index is 1.90. The number of fused-ring (bicyclic) bond motifs is 1. The molecule has 2 aromatic rings. The largest absolute Gasteiger partial charge is 0.383 e. The predicted octanol–water partition coefficient (Wildman–Crippen LogP) is 2.45. The van der Waals surface area contributed by atoms with Crippen LogP contribution < -0.4 is 5.32 Å². The molecule has 1 aliphatic heterocycles. The number of ether oxygens (including phenoxy) is 1. The zero-order valence-corrected chi connectivity index (χ0v) is 14.5. The summed E-state index contributed by atoms with van der Waals surface area (Å²) in [6, 6.07) is 14.6. The Morgan fingerprint density at radius 2 is 1.88 bits per heavy atom. The minimum absolute atomic E-state index is 0.106. The van der Waals surface area contributed by atoms with Gasteiger partial charge in [0.15, 0.2) is 0 Å². The standard InChI is InChI=1S/C20H22N2O3/c1-14-7-3-4-8-15(14)13-22-18(19(23)21-11-12-25-2)16-9-5-6-10-17(16)20(22)24/h3-10,18H,11-13H2,1-2H3,(H,21,23)/t18-/m1/s1. The number of carbonyl (C=O) groups is 2. The highest BCUT2D eigenvalue weighted by Crippen LogP contribution is 2.35. The Hall–Kier alpha value is -2.66. The van der Waals surface area contributed by atoms with Crippen LogP contribution in [0.4, 0.5) is 0 Å². The predicted molar refractivity (Wildman–Crippen MR) is 95.1 cm³/mol. The maximum Gasteiger partial charge on any atom is 0.255 e. The quantitative estimate of drug-likeness (QED) is 0.823. The molecule has 1 heterocycles. The number of nitrogens with one attached hydrogen (secondary N) is 1. The molecule has 0 saturated heterocycles. The van der Waals surface area contributed by atoms with Gasteiger partial charge in [-0.15, -0.1) is 0 Å². The summed E-state index contributed by atoms with van der Waals surface area (Å²) in [4.78, 5) is 27.3. The van der Waals surface area contributed by atoms with Crippen molar-refractivity contribution < 1.29 is 14.3 Å². The van der Waals surface area contributed by atoms with Crippen molar-refractivity contribution in [3.63, 3.8) is 0 Å². The average Bonchev–Trinajstić information content (AvgIpc) is 2.90. The monoisotopic (exact) mass is 338 g/mol. The van der Waals surface area contributed by atoms with E-state index in [0.29, 0.717) is 25.3 Å². The molecule has 25 heavy (non-hydrogen) atoms. The molecule has 0 fully saturated rings. The molecule has 0 aromatic heterocycles. The lowest BCUT2D eigenvalue weighted by Crippen LogP contribution is -2.40. The Labute approximate surface area is 147 Å². The number of methoxy groups -OCH3 is 1. The van der Waals surface area contributed by atoms with Crippen LogP contribution in [0.3, 0.4) is 0 Å². The first kappa shape index (κ1) is 17.2. The van der Waals surface area contributed by atoms with E-state index in [0.717, 1.165) is 16.7 Å². The van der Waals surface area contributed by atoms with Gasteiger partial charge in [0.1, 0.15) is 6.04 Å². The molecule has 5 nitrogen and oxygen atoms in total. The highest BCUT2D eigenvalue weighted by molar-refractivity contribution is 6.04. The fourth-order valence-electron chi connectivity index (χ4n) is 3.16. The Kier molecular flexibility index (Phi) is 5.14. The lowest BCUT2D eigenvalue weighted by Gasteiger charge is -2.25. The highest BCUT2D eigenvalue weighted by Gasteiger charge is 2.40. The molecule has 5 heteroatoms.